The Kier molecular flexibility index (Phi) is 7.32. The predicted molar refractivity (Wildman–Crippen MR) is 124 cm³/mol. The molecule has 0 atom stereocenters. The number of sulfonamides is 1. The lowest BCUT2D eigenvalue weighted by Crippen LogP contribution is -2.39. The number of rotatable bonds is 8. The standard InChI is InChI=1S/C21H20ClN3O4S2/c1-15-5-8-18(9-6-15)31(27,28)25(16-7-10-20(29-2)19(22)12-16)14-21(26)24-23-13-17-4-3-11-30-17/h3-13H,14H2,1-2H3,(H,24,26)/b23-13-. The van der Waals surface area contributed by atoms with Crippen molar-refractivity contribution in [1.29, 1.82) is 0 Å². The summed E-state index contributed by atoms with van der Waals surface area (Å²) >= 11 is 7.66. The molecule has 0 fully saturated rings. The molecule has 3 rings (SSSR count). The number of carbonyl (C=O) groups excluding carboxylic acids is 1. The van der Waals surface area contributed by atoms with Gasteiger partial charge in [0.1, 0.15) is 12.3 Å². The summed E-state index contributed by atoms with van der Waals surface area (Å²) in [5, 5.41) is 5.99. The number of hydrazone groups is 1. The summed E-state index contributed by atoms with van der Waals surface area (Å²) in [6.07, 6.45) is 1.49. The number of nitrogens with zero attached hydrogens (tertiary/aromatic N) is 2. The number of hydrogen-bond acceptors (Lipinski definition) is 6. The molecule has 0 aliphatic rings. The highest BCUT2D eigenvalue weighted by Gasteiger charge is 2.27. The van der Waals surface area contributed by atoms with Crippen LogP contribution >= 0.6 is 22.9 Å². The van der Waals surface area contributed by atoms with Gasteiger partial charge in [0.15, 0.2) is 0 Å². The molecule has 1 amide bonds. The maximum Gasteiger partial charge on any atom is 0.264 e. The zero-order valence-electron chi connectivity index (χ0n) is 16.8. The van der Waals surface area contributed by atoms with Crippen LogP contribution in [0.5, 0.6) is 5.75 Å². The van der Waals surface area contributed by atoms with Gasteiger partial charge >= 0.3 is 0 Å². The molecule has 3 aromatic rings. The van der Waals surface area contributed by atoms with E-state index in [4.69, 9.17) is 16.3 Å². The first kappa shape index (κ1) is 22.8. The molecule has 0 saturated carbocycles. The van der Waals surface area contributed by atoms with Gasteiger partial charge in [-0.15, -0.1) is 11.3 Å². The van der Waals surface area contributed by atoms with Crippen molar-refractivity contribution in [3.8, 4) is 5.75 Å². The fourth-order valence-corrected chi connectivity index (χ4v) is 4.91. The topological polar surface area (TPSA) is 88.1 Å². The van der Waals surface area contributed by atoms with Crippen molar-refractivity contribution < 1.29 is 17.9 Å². The molecular formula is C21H20ClN3O4S2. The van der Waals surface area contributed by atoms with E-state index < -0.39 is 22.5 Å². The highest BCUT2D eigenvalue weighted by Crippen LogP contribution is 2.31. The van der Waals surface area contributed by atoms with Crippen LogP contribution in [0.4, 0.5) is 5.69 Å². The Hall–Kier alpha value is -2.88. The Labute approximate surface area is 190 Å². The average molecular weight is 478 g/mol. The van der Waals surface area contributed by atoms with E-state index in [0.29, 0.717) is 5.75 Å². The van der Waals surface area contributed by atoms with Crippen LogP contribution in [0.25, 0.3) is 0 Å². The highest BCUT2D eigenvalue weighted by molar-refractivity contribution is 7.92. The molecule has 0 spiro atoms. The van der Waals surface area contributed by atoms with Crippen molar-refractivity contribution in [3.63, 3.8) is 0 Å². The SMILES string of the molecule is COc1ccc(N(CC(=O)N/N=C\c2cccs2)S(=O)(=O)c2ccc(C)cc2)cc1Cl. The van der Waals surface area contributed by atoms with Gasteiger partial charge in [0.25, 0.3) is 15.9 Å². The first-order valence-corrected chi connectivity index (χ1v) is 11.8. The van der Waals surface area contributed by atoms with E-state index in [-0.39, 0.29) is 15.6 Å². The number of thiophene rings is 1. The fourth-order valence-electron chi connectivity index (χ4n) is 2.66. The van der Waals surface area contributed by atoms with Crippen LogP contribution in [-0.4, -0.2) is 34.2 Å². The minimum atomic E-state index is -4.05. The molecule has 7 nitrogen and oxygen atoms in total. The Morgan fingerprint density at radius 3 is 2.58 bits per heavy atom. The number of methoxy groups -OCH3 is 1. The van der Waals surface area contributed by atoms with E-state index in [1.54, 1.807) is 18.2 Å². The maximum absolute atomic E-state index is 13.3. The van der Waals surface area contributed by atoms with E-state index in [1.165, 1.54) is 48.9 Å². The molecule has 0 bridgehead atoms. The smallest absolute Gasteiger partial charge is 0.264 e. The largest absolute Gasteiger partial charge is 0.495 e. The van der Waals surface area contributed by atoms with Gasteiger partial charge in [-0.05, 0) is 48.7 Å². The maximum atomic E-state index is 13.3. The van der Waals surface area contributed by atoms with E-state index >= 15 is 0 Å². The first-order valence-electron chi connectivity index (χ1n) is 9.09. The van der Waals surface area contributed by atoms with Crippen molar-refractivity contribution in [3.05, 3.63) is 75.4 Å². The highest BCUT2D eigenvalue weighted by atomic mass is 35.5. The molecule has 1 N–H and O–H groups in total. The molecule has 10 heteroatoms. The van der Waals surface area contributed by atoms with Crippen LogP contribution in [0.2, 0.25) is 5.02 Å². The van der Waals surface area contributed by atoms with Crippen LogP contribution < -0.4 is 14.5 Å². The first-order chi connectivity index (χ1) is 14.8. The van der Waals surface area contributed by atoms with E-state index in [2.05, 4.69) is 10.5 Å². The average Bonchev–Trinajstić information content (AvgIpc) is 3.25. The fraction of sp³-hybridized carbons (Fsp3) is 0.143. The summed E-state index contributed by atoms with van der Waals surface area (Å²) in [7, 11) is -2.59. The summed E-state index contributed by atoms with van der Waals surface area (Å²) in [6.45, 7) is 1.37. The van der Waals surface area contributed by atoms with Gasteiger partial charge in [0.05, 0.1) is 28.9 Å². The quantitative estimate of drug-likeness (QED) is 0.391. The second-order valence-electron chi connectivity index (χ2n) is 6.45. The van der Waals surface area contributed by atoms with Crippen molar-refractivity contribution >= 4 is 50.8 Å². The normalized spacial score (nSPS) is 11.5. The number of ether oxygens (including phenoxy) is 1. The number of anilines is 1. The number of nitrogens with one attached hydrogen (secondary N) is 1. The lowest BCUT2D eigenvalue weighted by molar-refractivity contribution is -0.119. The zero-order chi connectivity index (χ0) is 22.4. The molecule has 2 aromatic carbocycles. The number of aryl methyl sites for hydroxylation is 1. The lowest BCUT2D eigenvalue weighted by Gasteiger charge is -2.24. The van der Waals surface area contributed by atoms with Crippen LogP contribution in [0, 0.1) is 6.92 Å². The summed E-state index contributed by atoms with van der Waals surface area (Å²) in [5.41, 5.74) is 3.51. The molecule has 31 heavy (non-hydrogen) atoms. The molecule has 1 aromatic heterocycles. The van der Waals surface area contributed by atoms with Gasteiger partial charge in [-0.3, -0.25) is 9.10 Å². The molecule has 0 saturated heterocycles. The minimum Gasteiger partial charge on any atom is -0.495 e. The summed E-state index contributed by atoms with van der Waals surface area (Å²) in [5.74, 6) is -0.210. The van der Waals surface area contributed by atoms with Gasteiger partial charge in [-0.2, -0.15) is 5.10 Å². The minimum absolute atomic E-state index is 0.0555. The van der Waals surface area contributed by atoms with Gasteiger partial charge in [0.2, 0.25) is 0 Å². The monoisotopic (exact) mass is 477 g/mol. The molecule has 162 valence electrons. The molecule has 0 unspecified atom stereocenters. The second kappa shape index (κ2) is 9.95. The van der Waals surface area contributed by atoms with Gasteiger partial charge in [-0.1, -0.05) is 35.4 Å². The van der Waals surface area contributed by atoms with Crippen LogP contribution in [-0.2, 0) is 14.8 Å². The van der Waals surface area contributed by atoms with Crippen molar-refractivity contribution in [1.82, 2.24) is 5.43 Å². The van der Waals surface area contributed by atoms with Crippen LogP contribution in [0.1, 0.15) is 10.4 Å². The van der Waals surface area contributed by atoms with E-state index in [9.17, 15) is 13.2 Å². The van der Waals surface area contributed by atoms with Gasteiger partial charge in [-0.25, -0.2) is 13.8 Å². The summed E-state index contributed by atoms with van der Waals surface area (Å²) in [6, 6.07) is 14.6. The van der Waals surface area contributed by atoms with Crippen molar-refractivity contribution in [2.45, 2.75) is 11.8 Å². The van der Waals surface area contributed by atoms with Crippen LogP contribution in [0.3, 0.4) is 0 Å². The molecule has 0 radical (unpaired) electrons. The Bertz CT molecular complexity index is 1180. The Morgan fingerprint density at radius 2 is 1.97 bits per heavy atom. The second-order valence-corrected chi connectivity index (χ2v) is 9.70. The number of amides is 1. The van der Waals surface area contributed by atoms with Gasteiger partial charge in [0, 0.05) is 4.88 Å². The third kappa shape index (κ3) is 5.63. The van der Waals surface area contributed by atoms with Crippen molar-refractivity contribution in [2.24, 2.45) is 5.10 Å². The molecule has 0 aliphatic carbocycles. The zero-order valence-corrected chi connectivity index (χ0v) is 19.2. The molecular weight excluding hydrogens is 458 g/mol. The van der Waals surface area contributed by atoms with Crippen LogP contribution in [0.15, 0.2) is 70.0 Å². The van der Waals surface area contributed by atoms with E-state index in [0.717, 1.165) is 14.7 Å². The van der Waals surface area contributed by atoms with E-state index in [1.807, 2.05) is 24.4 Å². The lowest BCUT2D eigenvalue weighted by atomic mass is 10.2. The number of benzene rings is 2. The Balaban J connectivity index is 1.91. The number of halogens is 1. The summed E-state index contributed by atoms with van der Waals surface area (Å²) in [4.78, 5) is 13.4. The molecule has 1 heterocycles. The predicted octanol–water partition coefficient (Wildman–Crippen LogP) is 4.06. The van der Waals surface area contributed by atoms with Crippen molar-refractivity contribution in [2.75, 3.05) is 18.0 Å². The summed E-state index contributed by atoms with van der Waals surface area (Å²) < 4.78 is 32.8. The Morgan fingerprint density at radius 1 is 1.23 bits per heavy atom. The number of hydrogen-bond donors (Lipinski definition) is 1. The number of carbonyl (C=O) groups is 1. The van der Waals surface area contributed by atoms with Gasteiger partial charge < -0.3 is 4.74 Å². The third-order valence-electron chi connectivity index (χ3n) is 4.24. The third-order valence-corrected chi connectivity index (χ3v) is 7.13. The molecule has 0 aliphatic heterocycles.